The quantitative estimate of drug-likeness (QED) is 0.426. The van der Waals surface area contributed by atoms with Crippen molar-refractivity contribution in [3.63, 3.8) is 0 Å². The van der Waals surface area contributed by atoms with Gasteiger partial charge in [0.1, 0.15) is 11.5 Å². The van der Waals surface area contributed by atoms with E-state index in [1.165, 1.54) is 0 Å². The number of pyridine rings is 1. The Labute approximate surface area is 180 Å². The van der Waals surface area contributed by atoms with Crippen LogP contribution >= 0.6 is 23.2 Å². The van der Waals surface area contributed by atoms with Crippen LogP contribution in [0.1, 0.15) is 30.9 Å². The Hall–Kier alpha value is -2.05. The van der Waals surface area contributed by atoms with E-state index in [1.54, 1.807) is 24.4 Å². The van der Waals surface area contributed by atoms with Crippen LogP contribution in [0, 0.1) is 6.92 Å². The first-order valence-corrected chi connectivity index (χ1v) is 10.3. The molecule has 7 heteroatoms. The van der Waals surface area contributed by atoms with Crippen molar-refractivity contribution in [1.82, 2.24) is 4.98 Å². The molecule has 2 aromatic carbocycles. The molecule has 0 aliphatic rings. The number of aliphatic hydroxyl groups excluding tert-OH is 1. The zero-order valence-electron chi connectivity index (χ0n) is 16.5. The minimum atomic E-state index is -0.174. The summed E-state index contributed by atoms with van der Waals surface area (Å²) in [5.41, 5.74) is 8.94. The highest BCUT2D eigenvalue weighted by Gasteiger charge is 2.18. The van der Waals surface area contributed by atoms with Gasteiger partial charge in [0.05, 0.1) is 27.9 Å². The van der Waals surface area contributed by atoms with Crippen molar-refractivity contribution in [3.05, 3.63) is 57.7 Å². The maximum absolute atomic E-state index is 10.1. The molecule has 1 heterocycles. The maximum atomic E-state index is 10.1. The molecule has 0 saturated carbocycles. The van der Waals surface area contributed by atoms with Crippen molar-refractivity contribution < 1.29 is 9.84 Å². The number of hydrogen-bond acceptors (Lipinski definition) is 5. The molecule has 1 aromatic heterocycles. The number of aryl methyl sites for hydroxylation is 1. The average molecular weight is 434 g/mol. The second-order valence-corrected chi connectivity index (χ2v) is 7.89. The van der Waals surface area contributed by atoms with E-state index in [9.17, 15) is 5.11 Å². The lowest BCUT2D eigenvalue weighted by Crippen LogP contribution is -2.17. The Morgan fingerprint density at radius 1 is 1.21 bits per heavy atom. The van der Waals surface area contributed by atoms with E-state index in [0.717, 1.165) is 35.0 Å². The Morgan fingerprint density at radius 3 is 2.69 bits per heavy atom. The first kappa shape index (κ1) is 21.7. The minimum Gasteiger partial charge on any atom is -0.456 e. The molecule has 154 valence electrons. The number of aliphatic hydroxyl groups is 1. The fourth-order valence-corrected chi connectivity index (χ4v) is 3.57. The van der Waals surface area contributed by atoms with Gasteiger partial charge < -0.3 is 20.9 Å². The molecule has 0 saturated heterocycles. The van der Waals surface area contributed by atoms with Gasteiger partial charge in [-0.05, 0) is 63.1 Å². The molecular weight excluding hydrogens is 409 g/mol. The van der Waals surface area contributed by atoms with Crippen molar-refractivity contribution in [2.45, 2.75) is 39.3 Å². The van der Waals surface area contributed by atoms with Crippen LogP contribution in [0.2, 0.25) is 10.0 Å². The zero-order valence-corrected chi connectivity index (χ0v) is 18.0. The predicted molar refractivity (Wildman–Crippen MR) is 120 cm³/mol. The smallest absolute Gasteiger partial charge is 0.142 e. The second kappa shape index (κ2) is 9.63. The van der Waals surface area contributed by atoms with Crippen molar-refractivity contribution in [2.24, 2.45) is 5.73 Å². The molecular formula is C22H25Cl2N3O2. The molecule has 3 rings (SSSR count). The highest BCUT2D eigenvalue weighted by atomic mass is 35.5. The fraction of sp³-hybridized carbons (Fsp3) is 0.318. The van der Waals surface area contributed by atoms with Crippen LogP contribution in [-0.4, -0.2) is 22.7 Å². The highest BCUT2D eigenvalue weighted by Crippen LogP contribution is 2.40. The Bertz CT molecular complexity index is 1010. The molecule has 0 aliphatic carbocycles. The fourth-order valence-electron chi connectivity index (χ4n) is 3.28. The molecule has 29 heavy (non-hydrogen) atoms. The van der Waals surface area contributed by atoms with Crippen LogP contribution in [0.5, 0.6) is 11.5 Å². The Kier molecular flexibility index (Phi) is 7.19. The lowest BCUT2D eigenvalue weighted by Gasteiger charge is -2.21. The summed E-state index contributed by atoms with van der Waals surface area (Å²) in [5.74, 6) is 1.10. The summed E-state index contributed by atoms with van der Waals surface area (Å²) in [4.78, 5) is 4.59. The van der Waals surface area contributed by atoms with Gasteiger partial charge >= 0.3 is 0 Å². The second-order valence-electron chi connectivity index (χ2n) is 7.08. The van der Waals surface area contributed by atoms with Crippen molar-refractivity contribution in [1.29, 1.82) is 0 Å². The van der Waals surface area contributed by atoms with E-state index in [-0.39, 0.29) is 12.6 Å². The van der Waals surface area contributed by atoms with Gasteiger partial charge in [-0.1, -0.05) is 23.2 Å². The molecule has 0 unspecified atom stereocenters. The molecule has 4 N–H and O–H groups in total. The molecule has 0 bridgehead atoms. The molecule has 0 aliphatic heterocycles. The van der Waals surface area contributed by atoms with Crippen LogP contribution < -0.4 is 15.8 Å². The largest absolute Gasteiger partial charge is 0.456 e. The summed E-state index contributed by atoms with van der Waals surface area (Å²) >= 11 is 12.1. The van der Waals surface area contributed by atoms with Gasteiger partial charge in [-0.25, -0.2) is 0 Å². The SMILES string of the molecule is Cc1ccnc2c(N[C@H](C)CCCN)cc(CO)c(Oc3ccc(Cl)c(Cl)c3)c12. The van der Waals surface area contributed by atoms with Gasteiger partial charge in [0.2, 0.25) is 0 Å². The lowest BCUT2D eigenvalue weighted by atomic mass is 10.0. The molecule has 0 radical (unpaired) electrons. The number of fused-ring (bicyclic) bond motifs is 1. The van der Waals surface area contributed by atoms with Gasteiger partial charge in [0.15, 0.2) is 0 Å². The molecule has 3 aromatic rings. The summed E-state index contributed by atoms with van der Waals surface area (Å²) in [6.45, 7) is 4.58. The van der Waals surface area contributed by atoms with E-state index >= 15 is 0 Å². The van der Waals surface area contributed by atoms with Crippen LogP contribution in [0.4, 0.5) is 5.69 Å². The number of benzene rings is 2. The van der Waals surface area contributed by atoms with E-state index in [1.807, 2.05) is 19.1 Å². The molecule has 1 atom stereocenters. The van der Waals surface area contributed by atoms with Crippen LogP contribution in [0.3, 0.4) is 0 Å². The number of aromatic nitrogens is 1. The van der Waals surface area contributed by atoms with Crippen LogP contribution in [0.25, 0.3) is 10.9 Å². The Morgan fingerprint density at radius 2 is 2.00 bits per heavy atom. The van der Waals surface area contributed by atoms with Gasteiger partial charge in [-0.15, -0.1) is 0 Å². The minimum absolute atomic E-state index is 0.174. The summed E-state index contributed by atoms with van der Waals surface area (Å²) in [7, 11) is 0. The van der Waals surface area contributed by atoms with Gasteiger partial charge in [0.25, 0.3) is 0 Å². The standard InChI is InChI=1S/C22H25Cl2N3O2/c1-13-7-9-26-21-19(27-14(2)4-3-8-25)10-15(12-28)22(20(13)21)29-16-5-6-17(23)18(24)11-16/h5-7,9-11,14,27-28H,3-4,8,12,25H2,1-2H3/t14-/m1/s1. The number of rotatable bonds is 8. The van der Waals surface area contributed by atoms with Crippen LogP contribution in [0.15, 0.2) is 36.5 Å². The molecule has 0 spiro atoms. The average Bonchev–Trinajstić information content (AvgIpc) is 2.70. The maximum Gasteiger partial charge on any atom is 0.142 e. The monoisotopic (exact) mass is 433 g/mol. The summed E-state index contributed by atoms with van der Waals surface area (Å²) in [6.07, 6.45) is 3.65. The number of halogens is 2. The van der Waals surface area contributed by atoms with E-state index in [4.69, 9.17) is 33.7 Å². The van der Waals surface area contributed by atoms with E-state index in [0.29, 0.717) is 33.7 Å². The summed E-state index contributed by atoms with van der Waals surface area (Å²) in [5, 5.41) is 15.3. The number of nitrogens with two attached hydrogens (primary N) is 1. The summed E-state index contributed by atoms with van der Waals surface area (Å²) in [6, 6.07) is 9.11. The Balaban J connectivity index is 2.10. The van der Waals surface area contributed by atoms with Crippen LogP contribution in [-0.2, 0) is 6.61 Å². The number of nitrogens with zero attached hydrogens (tertiary/aromatic N) is 1. The molecule has 0 fully saturated rings. The van der Waals surface area contributed by atoms with Crippen molar-refractivity contribution in [2.75, 3.05) is 11.9 Å². The number of hydrogen-bond donors (Lipinski definition) is 3. The van der Waals surface area contributed by atoms with Gasteiger partial charge in [-0.3, -0.25) is 4.98 Å². The zero-order chi connectivity index (χ0) is 21.0. The third kappa shape index (κ3) is 4.93. The lowest BCUT2D eigenvalue weighted by molar-refractivity contribution is 0.277. The first-order chi connectivity index (χ1) is 13.9. The third-order valence-corrected chi connectivity index (χ3v) is 5.52. The normalized spacial score (nSPS) is 12.2. The molecule has 0 amide bonds. The van der Waals surface area contributed by atoms with Gasteiger partial charge in [-0.2, -0.15) is 0 Å². The number of ether oxygens (including phenoxy) is 1. The third-order valence-electron chi connectivity index (χ3n) is 4.78. The van der Waals surface area contributed by atoms with Gasteiger partial charge in [0, 0.05) is 29.3 Å². The van der Waals surface area contributed by atoms with Crippen molar-refractivity contribution >= 4 is 39.8 Å². The predicted octanol–water partition coefficient (Wildman–Crippen LogP) is 5.67. The topological polar surface area (TPSA) is 80.4 Å². The highest BCUT2D eigenvalue weighted by molar-refractivity contribution is 6.42. The first-order valence-electron chi connectivity index (χ1n) is 9.56. The number of nitrogens with one attached hydrogen (secondary N) is 1. The van der Waals surface area contributed by atoms with Crippen molar-refractivity contribution in [3.8, 4) is 11.5 Å². The summed E-state index contributed by atoms with van der Waals surface area (Å²) < 4.78 is 6.17. The van der Waals surface area contributed by atoms with E-state index < -0.39 is 0 Å². The van der Waals surface area contributed by atoms with E-state index in [2.05, 4.69) is 17.2 Å². The molecule has 5 nitrogen and oxygen atoms in total. The number of anilines is 1.